The van der Waals surface area contributed by atoms with Crippen LogP contribution in [-0.4, -0.2) is 36.5 Å². The molecule has 1 aliphatic heterocycles. The number of benzene rings is 1. The highest BCUT2D eigenvalue weighted by molar-refractivity contribution is 5.85. The summed E-state index contributed by atoms with van der Waals surface area (Å²) in [6.45, 7) is 3.89. The van der Waals surface area contributed by atoms with Gasteiger partial charge in [0.2, 0.25) is 5.91 Å². The van der Waals surface area contributed by atoms with E-state index >= 15 is 0 Å². The van der Waals surface area contributed by atoms with Crippen LogP contribution in [0.3, 0.4) is 0 Å². The third-order valence-electron chi connectivity index (χ3n) is 3.38. The molecule has 0 radical (unpaired) electrons. The monoisotopic (exact) mass is 298 g/mol. The number of nitrogens with zero attached hydrogens (tertiary/aromatic N) is 1. The van der Waals surface area contributed by atoms with Crippen molar-refractivity contribution in [1.29, 1.82) is 0 Å². The standard InChI is InChI=1S/C15H22N2O2.ClH/c1-12-10-17(15(18)8-5-9-16)11-14(19-12)13-6-3-2-4-7-13;/h2-4,6-7,12,14H,5,8-11,16H2,1H3;1H. The summed E-state index contributed by atoms with van der Waals surface area (Å²) >= 11 is 0. The van der Waals surface area contributed by atoms with Crippen LogP contribution in [0.25, 0.3) is 0 Å². The minimum Gasteiger partial charge on any atom is -0.367 e. The van der Waals surface area contributed by atoms with Gasteiger partial charge in [0.1, 0.15) is 6.10 Å². The van der Waals surface area contributed by atoms with E-state index in [0.29, 0.717) is 26.1 Å². The largest absolute Gasteiger partial charge is 0.367 e. The van der Waals surface area contributed by atoms with Crippen molar-refractivity contribution >= 4 is 18.3 Å². The van der Waals surface area contributed by atoms with Crippen LogP contribution in [0, 0.1) is 0 Å². The third kappa shape index (κ3) is 4.47. The molecular formula is C15H23ClN2O2. The lowest BCUT2D eigenvalue weighted by Gasteiger charge is -2.37. The van der Waals surface area contributed by atoms with Crippen molar-refractivity contribution in [2.75, 3.05) is 19.6 Å². The van der Waals surface area contributed by atoms with Gasteiger partial charge in [0.05, 0.1) is 12.6 Å². The fraction of sp³-hybridized carbons (Fsp3) is 0.533. The van der Waals surface area contributed by atoms with Crippen LogP contribution >= 0.6 is 12.4 Å². The normalized spacial score (nSPS) is 22.2. The Morgan fingerprint density at radius 3 is 2.70 bits per heavy atom. The van der Waals surface area contributed by atoms with Gasteiger partial charge in [0, 0.05) is 13.0 Å². The van der Waals surface area contributed by atoms with Crippen LogP contribution < -0.4 is 5.73 Å². The molecule has 1 aromatic rings. The first-order valence-corrected chi connectivity index (χ1v) is 6.89. The molecule has 2 atom stereocenters. The van der Waals surface area contributed by atoms with Crippen molar-refractivity contribution in [3.8, 4) is 0 Å². The van der Waals surface area contributed by atoms with Gasteiger partial charge in [0.15, 0.2) is 0 Å². The molecule has 4 nitrogen and oxygen atoms in total. The summed E-state index contributed by atoms with van der Waals surface area (Å²) in [4.78, 5) is 14.0. The Balaban J connectivity index is 0.00000200. The number of halogens is 1. The van der Waals surface area contributed by atoms with E-state index in [4.69, 9.17) is 10.5 Å². The van der Waals surface area contributed by atoms with Crippen molar-refractivity contribution in [3.63, 3.8) is 0 Å². The zero-order valence-electron chi connectivity index (χ0n) is 11.8. The van der Waals surface area contributed by atoms with E-state index in [-0.39, 0.29) is 30.5 Å². The predicted octanol–water partition coefficient (Wildman–Crippen LogP) is 2.14. The first-order chi connectivity index (χ1) is 9.20. The maximum Gasteiger partial charge on any atom is 0.222 e. The molecule has 1 amide bonds. The number of nitrogens with two attached hydrogens (primary N) is 1. The first-order valence-electron chi connectivity index (χ1n) is 6.89. The highest BCUT2D eigenvalue weighted by Gasteiger charge is 2.28. The molecule has 2 rings (SSSR count). The Kier molecular flexibility index (Phi) is 6.99. The molecule has 0 saturated carbocycles. The van der Waals surface area contributed by atoms with Crippen molar-refractivity contribution in [2.45, 2.75) is 32.0 Å². The lowest BCUT2D eigenvalue weighted by molar-refractivity contribution is -0.145. The molecule has 5 heteroatoms. The summed E-state index contributed by atoms with van der Waals surface area (Å²) in [5, 5.41) is 0. The van der Waals surface area contributed by atoms with Crippen LogP contribution in [0.4, 0.5) is 0 Å². The van der Waals surface area contributed by atoms with E-state index in [1.807, 2.05) is 42.2 Å². The van der Waals surface area contributed by atoms with E-state index in [1.54, 1.807) is 0 Å². The Morgan fingerprint density at radius 2 is 2.05 bits per heavy atom. The minimum atomic E-state index is -0.0215. The fourth-order valence-corrected chi connectivity index (χ4v) is 2.42. The Morgan fingerprint density at radius 1 is 1.35 bits per heavy atom. The fourth-order valence-electron chi connectivity index (χ4n) is 2.42. The van der Waals surface area contributed by atoms with Crippen molar-refractivity contribution in [1.82, 2.24) is 4.90 Å². The average Bonchev–Trinajstić information content (AvgIpc) is 2.45. The molecule has 1 fully saturated rings. The zero-order chi connectivity index (χ0) is 13.7. The molecule has 20 heavy (non-hydrogen) atoms. The summed E-state index contributed by atoms with van der Waals surface area (Å²) < 4.78 is 5.94. The molecule has 0 aromatic heterocycles. The van der Waals surface area contributed by atoms with Gasteiger partial charge in [-0.1, -0.05) is 30.3 Å². The molecule has 0 aliphatic carbocycles. The van der Waals surface area contributed by atoms with Gasteiger partial charge >= 0.3 is 0 Å². The molecule has 0 bridgehead atoms. The maximum absolute atomic E-state index is 12.1. The number of hydrogen-bond acceptors (Lipinski definition) is 3. The van der Waals surface area contributed by atoms with Crippen LogP contribution in [0.5, 0.6) is 0 Å². The van der Waals surface area contributed by atoms with Gasteiger partial charge in [-0.05, 0) is 25.5 Å². The molecule has 1 aliphatic rings. The number of carbonyl (C=O) groups is 1. The molecule has 1 saturated heterocycles. The Hall–Kier alpha value is -1.10. The second kappa shape index (κ2) is 8.25. The maximum atomic E-state index is 12.1. The number of carbonyl (C=O) groups excluding carboxylic acids is 1. The van der Waals surface area contributed by atoms with E-state index in [1.165, 1.54) is 0 Å². The summed E-state index contributed by atoms with van der Waals surface area (Å²) in [6.07, 6.45) is 1.33. The predicted molar refractivity (Wildman–Crippen MR) is 81.8 cm³/mol. The van der Waals surface area contributed by atoms with Gasteiger partial charge < -0.3 is 15.4 Å². The van der Waals surface area contributed by atoms with E-state index < -0.39 is 0 Å². The van der Waals surface area contributed by atoms with Crippen molar-refractivity contribution in [3.05, 3.63) is 35.9 Å². The lowest BCUT2D eigenvalue weighted by atomic mass is 10.1. The van der Waals surface area contributed by atoms with Crippen molar-refractivity contribution in [2.24, 2.45) is 5.73 Å². The molecule has 1 heterocycles. The summed E-state index contributed by atoms with van der Waals surface area (Å²) in [7, 11) is 0. The van der Waals surface area contributed by atoms with E-state index in [9.17, 15) is 4.79 Å². The quantitative estimate of drug-likeness (QED) is 0.926. The first kappa shape index (κ1) is 17.0. The number of hydrogen-bond donors (Lipinski definition) is 1. The van der Waals surface area contributed by atoms with E-state index in [0.717, 1.165) is 12.0 Å². The molecular weight excluding hydrogens is 276 g/mol. The zero-order valence-corrected chi connectivity index (χ0v) is 12.6. The topological polar surface area (TPSA) is 55.6 Å². The average molecular weight is 299 g/mol. The van der Waals surface area contributed by atoms with Gasteiger partial charge in [-0.15, -0.1) is 12.4 Å². The number of rotatable bonds is 4. The molecule has 112 valence electrons. The summed E-state index contributed by atoms with van der Waals surface area (Å²) in [6, 6.07) is 10.1. The second-order valence-electron chi connectivity index (χ2n) is 5.04. The summed E-state index contributed by atoms with van der Waals surface area (Å²) in [5.74, 6) is 0.182. The molecule has 0 spiro atoms. The Labute approximate surface area is 126 Å². The Bertz CT molecular complexity index is 414. The SMILES string of the molecule is CC1CN(C(=O)CCCN)CC(c2ccccc2)O1.Cl. The van der Waals surface area contributed by atoms with Gasteiger partial charge in [-0.2, -0.15) is 0 Å². The number of ether oxygens (including phenoxy) is 1. The van der Waals surface area contributed by atoms with Gasteiger partial charge in [-0.25, -0.2) is 0 Å². The van der Waals surface area contributed by atoms with Gasteiger partial charge in [0.25, 0.3) is 0 Å². The lowest BCUT2D eigenvalue weighted by Crippen LogP contribution is -2.46. The minimum absolute atomic E-state index is 0. The van der Waals surface area contributed by atoms with E-state index in [2.05, 4.69) is 0 Å². The van der Waals surface area contributed by atoms with Crippen LogP contribution in [0.2, 0.25) is 0 Å². The number of morpholine rings is 1. The summed E-state index contributed by atoms with van der Waals surface area (Å²) in [5.41, 5.74) is 6.59. The van der Waals surface area contributed by atoms with Crippen molar-refractivity contribution < 1.29 is 9.53 Å². The molecule has 2 N–H and O–H groups in total. The molecule has 1 aromatic carbocycles. The van der Waals surface area contributed by atoms with Crippen LogP contribution in [-0.2, 0) is 9.53 Å². The van der Waals surface area contributed by atoms with Crippen LogP contribution in [0.1, 0.15) is 31.4 Å². The third-order valence-corrected chi connectivity index (χ3v) is 3.38. The second-order valence-corrected chi connectivity index (χ2v) is 5.04. The highest BCUT2D eigenvalue weighted by atomic mass is 35.5. The smallest absolute Gasteiger partial charge is 0.222 e. The van der Waals surface area contributed by atoms with Gasteiger partial charge in [-0.3, -0.25) is 4.79 Å². The van der Waals surface area contributed by atoms with Crippen LogP contribution in [0.15, 0.2) is 30.3 Å². The highest BCUT2D eigenvalue weighted by Crippen LogP contribution is 2.25. The number of amides is 1. The molecule has 2 unspecified atom stereocenters.